The van der Waals surface area contributed by atoms with Gasteiger partial charge in [-0.05, 0) is 91.1 Å². The fourth-order valence-corrected chi connectivity index (χ4v) is 6.70. The van der Waals surface area contributed by atoms with Crippen LogP contribution in [0.5, 0.6) is 5.75 Å². The molecule has 1 N–H and O–H groups in total. The predicted molar refractivity (Wildman–Crippen MR) is 138 cm³/mol. The van der Waals surface area contributed by atoms with Gasteiger partial charge in [0.2, 0.25) is 0 Å². The van der Waals surface area contributed by atoms with E-state index in [9.17, 15) is 4.79 Å². The summed E-state index contributed by atoms with van der Waals surface area (Å²) in [5, 5.41) is 5.66. The summed E-state index contributed by atoms with van der Waals surface area (Å²) in [5.41, 5.74) is 10.7. The molecular formula is C30H30N2O3. The van der Waals surface area contributed by atoms with Crippen molar-refractivity contribution in [2.75, 3.05) is 13.7 Å². The standard InChI is InChI=1S/C30H30N2O3/c1-3-32-24-12-8-18(25-6-4-5-13-35-25)15-22(24)27-23-16-31-30(33)28(23)26-20-11-9-19(34-2)14-17(20)7-10-21(26)29(27)32/h8-9,11-12,14-15,25H,3-7,10,13,16H2,1-2H3,(H,31,33). The topological polar surface area (TPSA) is 52.5 Å². The number of fused-ring (bicyclic) bond motifs is 10. The number of hydrogen-bond acceptors (Lipinski definition) is 3. The third kappa shape index (κ3) is 2.94. The van der Waals surface area contributed by atoms with E-state index in [2.05, 4.69) is 47.1 Å². The van der Waals surface area contributed by atoms with Crippen LogP contribution in [0, 0.1) is 0 Å². The Morgan fingerprint density at radius 1 is 1.09 bits per heavy atom. The SMILES string of the molecule is CCn1c2ccc(C3CCCCO3)cc2c2c3c(c4c(c21)CCc1cc(OC)ccc1-4)C(=O)NC3. The lowest BCUT2D eigenvalue weighted by atomic mass is 9.80. The Morgan fingerprint density at radius 2 is 2.00 bits per heavy atom. The van der Waals surface area contributed by atoms with E-state index in [0.29, 0.717) is 6.54 Å². The molecule has 0 bridgehead atoms. The summed E-state index contributed by atoms with van der Waals surface area (Å²) in [6, 6.07) is 13.2. The number of methoxy groups -OCH3 is 1. The Hall–Kier alpha value is -3.31. The number of hydrogen-bond donors (Lipinski definition) is 1. The number of carbonyl (C=O) groups is 1. The van der Waals surface area contributed by atoms with Crippen LogP contribution in [0.2, 0.25) is 0 Å². The second-order valence-electron chi connectivity index (χ2n) is 10.0. The molecular weight excluding hydrogens is 436 g/mol. The Labute approximate surface area is 205 Å². The molecule has 35 heavy (non-hydrogen) atoms. The number of amides is 1. The molecule has 0 spiro atoms. The highest BCUT2D eigenvalue weighted by atomic mass is 16.5. The lowest BCUT2D eigenvalue weighted by Gasteiger charge is -2.24. The molecule has 2 aliphatic heterocycles. The summed E-state index contributed by atoms with van der Waals surface area (Å²) in [4.78, 5) is 13.3. The lowest BCUT2D eigenvalue weighted by molar-refractivity contribution is 0.0150. The first kappa shape index (κ1) is 21.0. The summed E-state index contributed by atoms with van der Waals surface area (Å²) in [5.74, 6) is 0.917. The quantitative estimate of drug-likeness (QED) is 0.398. The highest BCUT2D eigenvalue weighted by Crippen LogP contribution is 2.47. The zero-order valence-electron chi connectivity index (χ0n) is 20.4. The van der Waals surface area contributed by atoms with Crippen LogP contribution in [0.25, 0.3) is 32.9 Å². The predicted octanol–water partition coefficient (Wildman–Crippen LogP) is 6.07. The van der Waals surface area contributed by atoms with Gasteiger partial charge in [0.05, 0.1) is 24.3 Å². The molecule has 1 amide bonds. The normalized spacial score (nSPS) is 18.9. The zero-order valence-corrected chi connectivity index (χ0v) is 20.4. The van der Waals surface area contributed by atoms with Gasteiger partial charge in [0.25, 0.3) is 5.91 Å². The minimum Gasteiger partial charge on any atom is -0.497 e. The van der Waals surface area contributed by atoms with Gasteiger partial charge >= 0.3 is 0 Å². The molecule has 3 aromatic carbocycles. The van der Waals surface area contributed by atoms with E-state index in [1.54, 1.807) is 7.11 Å². The Balaban J connectivity index is 1.57. The molecule has 3 heterocycles. The summed E-state index contributed by atoms with van der Waals surface area (Å²) < 4.78 is 14.1. The Bertz CT molecular complexity index is 1520. The van der Waals surface area contributed by atoms with Crippen molar-refractivity contribution < 1.29 is 14.3 Å². The molecule has 1 aromatic heterocycles. The van der Waals surface area contributed by atoms with Crippen LogP contribution in [0.4, 0.5) is 0 Å². The van der Waals surface area contributed by atoms with Gasteiger partial charge in [0.15, 0.2) is 0 Å². The molecule has 1 saturated heterocycles. The second kappa shape index (κ2) is 7.85. The summed E-state index contributed by atoms with van der Waals surface area (Å²) >= 11 is 0. The van der Waals surface area contributed by atoms with Crippen molar-refractivity contribution in [2.24, 2.45) is 0 Å². The van der Waals surface area contributed by atoms with E-state index >= 15 is 0 Å². The van der Waals surface area contributed by atoms with Crippen LogP contribution < -0.4 is 10.1 Å². The number of nitrogens with one attached hydrogen (secondary N) is 1. The van der Waals surface area contributed by atoms with Crippen molar-refractivity contribution in [1.29, 1.82) is 0 Å². The summed E-state index contributed by atoms with van der Waals surface area (Å²) in [6.07, 6.45) is 5.47. The minimum absolute atomic E-state index is 0.0472. The fourth-order valence-electron chi connectivity index (χ4n) is 6.70. The third-order valence-corrected chi connectivity index (χ3v) is 8.28. The van der Waals surface area contributed by atoms with Gasteiger partial charge < -0.3 is 19.4 Å². The molecule has 1 aliphatic carbocycles. The van der Waals surface area contributed by atoms with Crippen molar-refractivity contribution in [3.05, 3.63) is 64.2 Å². The summed E-state index contributed by atoms with van der Waals surface area (Å²) in [7, 11) is 1.71. The lowest BCUT2D eigenvalue weighted by Crippen LogP contribution is -2.15. The monoisotopic (exact) mass is 466 g/mol. The average Bonchev–Trinajstić information content (AvgIpc) is 3.45. The third-order valence-electron chi connectivity index (χ3n) is 8.28. The van der Waals surface area contributed by atoms with Crippen LogP contribution in [0.15, 0.2) is 36.4 Å². The number of carbonyl (C=O) groups excluding carboxylic acids is 1. The van der Waals surface area contributed by atoms with Gasteiger partial charge in [-0.3, -0.25) is 4.79 Å². The van der Waals surface area contributed by atoms with Gasteiger partial charge in [-0.25, -0.2) is 0 Å². The van der Waals surface area contributed by atoms with Crippen molar-refractivity contribution in [2.45, 2.75) is 58.2 Å². The molecule has 4 aromatic rings. The molecule has 1 fully saturated rings. The molecule has 0 radical (unpaired) electrons. The minimum atomic E-state index is 0.0472. The van der Waals surface area contributed by atoms with E-state index in [1.807, 2.05) is 6.07 Å². The number of benzene rings is 3. The van der Waals surface area contributed by atoms with Crippen molar-refractivity contribution >= 4 is 27.7 Å². The molecule has 0 saturated carbocycles. The number of aryl methyl sites for hydroxylation is 3. The maximum Gasteiger partial charge on any atom is 0.252 e. The number of nitrogens with zero attached hydrogens (tertiary/aromatic N) is 1. The second-order valence-corrected chi connectivity index (χ2v) is 10.0. The van der Waals surface area contributed by atoms with Gasteiger partial charge in [0.1, 0.15) is 5.75 Å². The van der Waals surface area contributed by atoms with Crippen LogP contribution in [0.1, 0.15) is 64.9 Å². The molecule has 3 aliphatic rings. The highest BCUT2D eigenvalue weighted by molar-refractivity contribution is 6.19. The molecule has 5 nitrogen and oxygen atoms in total. The summed E-state index contributed by atoms with van der Waals surface area (Å²) in [6.45, 7) is 4.53. The zero-order chi connectivity index (χ0) is 23.7. The van der Waals surface area contributed by atoms with Crippen LogP contribution >= 0.6 is 0 Å². The van der Waals surface area contributed by atoms with Gasteiger partial charge in [0, 0.05) is 41.5 Å². The first-order chi connectivity index (χ1) is 17.2. The molecule has 1 unspecified atom stereocenters. The van der Waals surface area contributed by atoms with E-state index in [4.69, 9.17) is 9.47 Å². The smallest absolute Gasteiger partial charge is 0.252 e. The maximum absolute atomic E-state index is 13.3. The van der Waals surface area contributed by atoms with Crippen LogP contribution in [-0.2, 0) is 30.7 Å². The first-order valence-electron chi connectivity index (χ1n) is 12.9. The van der Waals surface area contributed by atoms with Crippen LogP contribution in [-0.4, -0.2) is 24.2 Å². The first-order valence-corrected chi connectivity index (χ1v) is 12.9. The van der Waals surface area contributed by atoms with Crippen molar-refractivity contribution in [3.63, 3.8) is 0 Å². The number of aromatic nitrogens is 1. The largest absolute Gasteiger partial charge is 0.497 e. The molecule has 5 heteroatoms. The van der Waals surface area contributed by atoms with E-state index in [-0.39, 0.29) is 12.0 Å². The van der Waals surface area contributed by atoms with Gasteiger partial charge in [-0.2, -0.15) is 0 Å². The van der Waals surface area contributed by atoms with Crippen LogP contribution in [0.3, 0.4) is 0 Å². The van der Waals surface area contributed by atoms with E-state index < -0.39 is 0 Å². The van der Waals surface area contributed by atoms with E-state index in [0.717, 1.165) is 61.3 Å². The maximum atomic E-state index is 13.3. The van der Waals surface area contributed by atoms with Crippen molar-refractivity contribution in [3.8, 4) is 16.9 Å². The number of rotatable bonds is 3. The Morgan fingerprint density at radius 3 is 2.80 bits per heavy atom. The number of ether oxygens (including phenoxy) is 2. The molecule has 178 valence electrons. The fraction of sp³-hybridized carbons (Fsp3) is 0.367. The van der Waals surface area contributed by atoms with E-state index in [1.165, 1.54) is 50.5 Å². The van der Waals surface area contributed by atoms with Crippen molar-refractivity contribution in [1.82, 2.24) is 9.88 Å². The molecule has 7 rings (SSSR count). The molecule has 1 atom stereocenters. The highest BCUT2D eigenvalue weighted by Gasteiger charge is 2.34. The van der Waals surface area contributed by atoms with Gasteiger partial charge in [-0.15, -0.1) is 0 Å². The van der Waals surface area contributed by atoms with Gasteiger partial charge in [-0.1, -0.05) is 12.1 Å². The Kier molecular flexibility index (Phi) is 4.72. The average molecular weight is 467 g/mol.